The highest BCUT2D eigenvalue weighted by Crippen LogP contribution is 2.21. The molecule has 0 bridgehead atoms. The van der Waals surface area contributed by atoms with Crippen molar-refractivity contribution in [2.24, 2.45) is 4.99 Å². The molecule has 3 unspecified atom stereocenters. The highest BCUT2D eigenvalue weighted by atomic mass is 35.5. The van der Waals surface area contributed by atoms with E-state index >= 15 is 0 Å². The monoisotopic (exact) mass is 381 g/mol. The molecule has 0 amide bonds. The summed E-state index contributed by atoms with van der Waals surface area (Å²) in [6.45, 7) is 5.87. The Bertz CT molecular complexity index is 590. The fraction of sp³-hybridized carbons (Fsp3) is 0.632. The predicted octanol–water partition coefficient (Wildman–Crippen LogP) is 2.56. The zero-order valence-electron chi connectivity index (χ0n) is 15.5. The van der Waals surface area contributed by atoms with Crippen molar-refractivity contribution in [3.63, 3.8) is 0 Å². The van der Waals surface area contributed by atoms with E-state index in [0.29, 0.717) is 18.2 Å². The number of hydrogen-bond acceptors (Lipinski definition) is 4. The molecule has 2 saturated heterocycles. The summed E-state index contributed by atoms with van der Waals surface area (Å²) in [4.78, 5) is 6.67. The summed E-state index contributed by atoms with van der Waals surface area (Å²) in [5, 5.41) is 4.12. The second-order valence-corrected chi connectivity index (χ2v) is 7.15. The van der Waals surface area contributed by atoms with Gasteiger partial charge in [-0.3, -0.25) is 4.99 Å². The van der Waals surface area contributed by atoms with Crippen LogP contribution in [0.1, 0.15) is 19.8 Å². The van der Waals surface area contributed by atoms with E-state index < -0.39 is 0 Å². The first-order valence-electron chi connectivity index (χ1n) is 9.26. The molecule has 3 rings (SSSR count). The van der Waals surface area contributed by atoms with Gasteiger partial charge in [-0.05, 0) is 44.0 Å². The normalized spacial score (nSPS) is 25.2. The molecular weight excluding hydrogens is 354 g/mol. The van der Waals surface area contributed by atoms with Crippen molar-refractivity contribution in [2.45, 2.75) is 38.1 Å². The third-order valence-corrected chi connectivity index (χ3v) is 4.93. The summed E-state index contributed by atoms with van der Waals surface area (Å²) in [7, 11) is 1.81. The van der Waals surface area contributed by atoms with Crippen LogP contribution in [0, 0.1) is 0 Å². The van der Waals surface area contributed by atoms with Crippen molar-refractivity contribution in [3.8, 4) is 5.75 Å². The Hall–Kier alpha value is -1.50. The van der Waals surface area contributed by atoms with E-state index in [1.165, 1.54) is 0 Å². The van der Waals surface area contributed by atoms with Crippen LogP contribution in [0.15, 0.2) is 29.3 Å². The second-order valence-electron chi connectivity index (χ2n) is 6.72. The lowest BCUT2D eigenvalue weighted by molar-refractivity contribution is -0.0817. The van der Waals surface area contributed by atoms with E-state index in [9.17, 15) is 0 Å². The number of aliphatic imine (C=N–C) groups is 1. The second kappa shape index (κ2) is 9.44. The van der Waals surface area contributed by atoms with E-state index in [4.69, 9.17) is 25.8 Å². The minimum absolute atomic E-state index is 0.00271. The zero-order valence-corrected chi connectivity index (χ0v) is 16.2. The van der Waals surface area contributed by atoms with E-state index in [1.54, 1.807) is 0 Å². The smallest absolute Gasteiger partial charge is 0.193 e. The number of nitrogens with zero attached hydrogens (tertiary/aromatic N) is 2. The Morgan fingerprint density at radius 1 is 1.31 bits per heavy atom. The minimum Gasteiger partial charge on any atom is -0.489 e. The molecule has 1 N–H and O–H groups in total. The Kier molecular flexibility index (Phi) is 7.00. The molecule has 0 aromatic heterocycles. The van der Waals surface area contributed by atoms with Crippen LogP contribution in [0.2, 0.25) is 5.02 Å². The molecule has 2 aliphatic rings. The summed E-state index contributed by atoms with van der Waals surface area (Å²) in [6, 6.07) is 7.41. The quantitative estimate of drug-likeness (QED) is 0.627. The molecule has 1 aromatic rings. The van der Waals surface area contributed by atoms with Crippen LogP contribution in [0.25, 0.3) is 0 Å². The Morgan fingerprint density at radius 3 is 2.77 bits per heavy atom. The molecule has 26 heavy (non-hydrogen) atoms. The molecule has 7 heteroatoms. The lowest BCUT2D eigenvalue weighted by atomic mass is 10.1. The van der Waals surface area contributed by atoms with Gasteiger partial charge >= 0.3 is 0 Å². The first-order valence-corrected chi connectivity index (χ1v) is 9.64. The van der Waals surface area contributed by atoms with Gasteiger partial charge in [-0.15, -0.1) is 0 Å². The van der Waals surface area contributed by atoms with Crippen molar-refractivity contribution in [1.82, 2.24) is 10.2 Å². The Morgan fingerprint density at radius 2 is 2.08 bits per heavy atom. The molecule has 144 valence electrons. The standard InChI is InChI=1S/C19H28ClN3O3/c1-14(26-16-7-5-15(20)6-8-16)12-22-19(21-2)23-9-11-25-18(13-23)17-4-3-10-24-17/h5-8,14,17-18H,3-4,9-13H2,1-2H3,(H,21,22). The van der Waals surface area contributed by atoms with Crippen LogP contribution in [0.5, 0.6) is 5.75 Å². The van der Waals surface area contributed by atoms with Crippen molar-refractivity contribution in [1.29, 1.82) is 0 Å². The van der Waals surface area contributed by atoms with Crippen molar-refractivity contribution < 1.29 is 14.2 Å². The number of benzene rings is 1. The number of morpholine rings is 1. The van der Waals surface area contributed by atoms with Gasteiger partial charge in [0.25, 0.3) is 0 Å². The van der Waals surface area contributed by atoms with Gasteiger partial charge < -0.3 is 24.4 Å². The number of nitrogens with one attached hydrogen (secondary N) is 1. The van der Waals surface area contributed by atoms with E-state index in [0.717, 1.165) is 44.2 Å². The average Bonchev–Trinajstić information content (AvgIpc) is 3.19. The first-order chi connectivity index (χ1) is 12.7. The lowest BCUT2D eigenvalue weighted by Crippen LogP contribution is -2.54. The van der Waals surface area contributed by atoms with Gasteiger partial charge in [-0.25, -0.2) is 0 Å². The van der Waals surface area contributed by atoms with Gasteiger partial charge in [-0.1, -0.05) is 11.6 Å². The third-order valence-electron chi connectivity index (χ3n) is 4.68. The largest absolute Gasteiger partial charge is 0.489 e. The van der Waals surface area contributed by atoms with Gasteiger partial charge in [0.1, 0.15) is 18.0 Å². The van der Waals surface area contributed by atoms with Crippen molar-refractivity contribution >= 4 is 17.6 Å². The molecule has 0 spiro atoms. The number of rotatable bonds is 5. The van der Waals surface area contributed by atoms with Crippen molar-refractivity contribution in [3.05, 3.63) is 29.3 Å². The minimum atomic E-state index is 0.00271. The molecule has 0 radical (unpaired) electrons. The fourth-order valence-corrected chi connectivity index (χ4v) is 3.47. The van der Waals surface area contributed by atoms with Crippen LogP contribution in [0.4, 0.5) is 0 Å². The molecule has 6 nitrogen and oxygen atoms in total. The summed E-state index contributed by atoms with van der Waals surface area (Å²) in [5.74, 6) is 1.69. The Labute approximate surface area is 160 Å². The Balaban J connectivity index is 1.48. The predicted molar refractivity (Wildman–Crippen MR) is 103 cm³/mol. The van der Waals surface area contributed by atoms with Crippen molar-refractivity contribution in [2.75, 3.05) is 39.9 Å². The molecule has 0 saturated carbocycles. The number of hydrogen-bond donors (Lipinski definition) is 1. The van der Waals surface area contributed by atoms with Crippen LogP contribution in [-0.4, -0.2) is 69.1 Å². The fourth-order valence-electron chi connectivity index (χ4n) is 3.34. The molecular formula is C19H28ClN3O3. The van der Waals surface area contributed by atoms with Gasteiger partial charge in [0, 0.05) is 31.8 Å². The maximum Gasteiger partial charge on any atom is 0.193 e. The van der Waals surface area contributed by atoms with Crippen LogP contribution >= 0.6 is 11.6 Å². The third kappa shape index (κ3) is 5.25. The molecule has 2 fully saturated rings. The van der Waals surface area contributed by atoms with Crippen LogP contribution in [0.3, 0.4) is 0 Å². The lowest BCUT2D eigenvalue weighted by Gasteiger charge is -2.37. The van der Waals surface area contributed by atoms with Crippen LogP contribution < -0.4 is 10.1 Å². The highest BCUT2D eigenvalue weighted by Gasteiger charge is 2.32. The summed E-state index contributed by atoms with van der Waals surface area (Å²) >= 11 is 5.91. The average molecular weight is 382 g/mol. The zero-order chi connectivity index (χ0) is 18.4. The number of guanidine groups is 1. The first kappa shape index (κ1) is 19.3. The van der Waals surface area contributed by atoms with Gasteiger partial charge in [-0.2, -0.15) is 0 Å². The maximum atomic E-state index is 5.92. The van der Waals surface area contributed by atoms with E-state index in [2.05, 4.69) is 15.2 Å². The molecule has 2 aliphatic heterocycles. The van der Waals surface area contributed by atoms with Crippen LogP contribution in [-0.2, 0) is 9.47 Å². The molecule has 3 atom stereocenters. The highest BCUT2D eigenvalue weighted by molar-refractivity contribution is 6.30. The van der Waals surface area contributed by atoms with Gasteiger partial charge in [0.15, 0.2) is 5.96 Å². The summed E-state index contributed by atoms with van der Waals surface area (Å²) in [6.07, 6.45) is 2.53. The summed E-state index contributed by atoms with van der Waals surface area (Å²) in [5.41, 5.74) is 0. The van der Waals surface area contributed by atoms with E-state index in [-0.39, 0.29) is 18.3 Å². The maximum absolute atomic E-state index is 5.92. The topological polar surface area (TPSA) is 55.3 Å². The molecule has 2 heterocycles. The summed E-state index contributed by atoms with van der Waals surface area (Å²) < 4.78 is 17.6. The number of ether oxygens (including phenoxy) is 3. The van der Waals surface area contributed by atoms with Gasteiger partial charge in [0.2, 0.25) is 0 Å². The van der Waals surface area contributed by atoms with Gasteiger partial charge in [0.05, 0.1) is 19.3 Å². The molecule has 1 aromatic carbocycles. The SMILES string of the molecule is CN=C(NCC(C)Oc1ccc(Cl)cc1)N1CCOC(C2CCCO2)C1. The number of halogens is 1. The molecule has 0 aliphatic carbocycles. The van der Waals surface area contributed by atoms with E-state index in [1.807, 2.05) is 38.2 Å².